The molecule has 0 radical (unpaired) electrons. The van der Waals surface area contributed by atoms with Gasteiger partial charge in [0, 0.05) is 12.7 Å². The van der Waals surface area contributed by atoms with Gasteiger partial charge in [0.25, 0.3) is 11.4 Å². The number of anilines is 1. The summed E-state index contributed by atoms with van der Waals surface area (Å²) in [5, 5.41) is 53.4. The Morgan fingerprint density at radius 2 is 2.17 bits per heavy atom. The molecule has 0 aromatic carbocycles. The highest BCUT2D eigenvalue weighted by Gasteiger charge is 2.48. The molecule has 1 aliphatic carbocycles. The number of nitro groups is 1. The van der Waals surface area contributed by atoms with Crippen LogP contribution in [0.15, 0.2) is 27.8 Å². The fourth-order valence-electron chi connectivity index (χ4n) is 2.41. The van der Waals surface area contributed by atoms with Gasteiger partial charge in [0.15, 0.2) is 5.92 Å². The Bertz CT molecular complexity index is 849. The van der Waals surface area contributed by atoms with E-state index in [1.807, 2.05) is 0 Å². The second kappa shape index (κ2) is 5.24. The van der Waals surface area contributed by atoms with Gasteiger partial charge in [-0.25, -0.2) is 0 Å². The van der Waals surface area contributed by atoms with Gasteiger partial charge in [-0.05, 0) is 16.3 Å². The van der Waals surface area contributed by atoms with Gasteiger partial charge in [0.2, 0.25) is 5.69 Å². The monoisotopic (exact) mass is 338 g/mol. The molecule has 1 aliphatic rings. The van der Waals surface area contributed by atoms with Crippen molar-refractivity contribution in [3.63, 3.8) is 0 Å². The second-order valence-corrected chi connectivity index (χ2v) is 5.46. The van der Waals surface area contributed by atoms with Crippen molar-refractivity contribution in [3.8, 4) is 0 Å². The van der Waals surface area contributed by atoms with Gasteiger partial charge in [0.1, 0.15) is 0 Å². The van der Waals surface area contributed by atoms with Crippen molar-refractivity contribution in [1.29, 1.82) is 0 Å². The molecule has 1 atom stereocenters. The van der Waals surface area contributed by atoms with Crippen LogP contribution < -0.4 is 10.2 Å². The van der Waals surface area contributed by atoms with E-state index in [1.54, 1.807) is 18.5 Å². The number of nitrogens with one attached hydrogen (secondary N) is 1. The summed E-state index contributed by atoms with van der Waals surface area (Å²) >= 11 is 1.18. The Labute approximate surface area is 131 Å². The molecule has 0 fully saturated rings. The molecule has 0 saturated carbocycles. The Morgan fingerprint density at radius 1 is 1.43 bits per heavy atom. The summed E-state index contributed by atoms with van der Waals surface area (Å²) in [4.78, 5) is 10.2. The molecule has 2 heterocycles. The van der Waals surface area contributed by atoms with Crippen LogP contribution in [0.1, 0.15) is 22.2 Å². The molecular weight excluding hydrogens is 330 g/mol. The number of aromatic nitrogens is 2. The molecule has 2 aromatic rings. The third-order valence-corrected chi connectivity index (χ3v) is 4.36. The highest BCUT2D eigenvalue weighted by molar-refractivity contribution is 7.10. The van der Waals surface area contributed by atoms with Gasteiger partial charge in [-0.2, -0.15) is 4.90 Å². The molecule has 0 bridgehead atoms. The smallest absolute Gasteiger partial charge is 0.318 e. The van der Waals surface area contributed by atoms with Crippen molar-refractivity contribution in [1.82, 2.24) is 5.16 Å². The van der Waals surface area contributed by atoms with Crippen molar-refractivity contribution in [3.05, 3.63) is 65.2 Å². The Morgan fingerprint density at radius 3 is 2.78 bits per heavy atom. The topological polar surface area (TPSA) is 157 Å². The summed E-state index contributed by atoms with van der Waals surface area (Å²) in [5.74, 6) is -1.12. The summed E-state index contributed by atoms with van der Waals surface area (Å²) < 4.78 is 4.44. The number of allylic oxidation sites excluding steroid dienone is 2. The number of rotatable bonds is 3. The Balaban J connectivity index is 2.32. The fraction of sp³-hybridized carbons (Fsp3) is 0.182. The SMILES string of the molecule is CNc1ccsc1C1C([N+](=O)[O-])=CC(=[N+]([O-])[O-])c2no[n+]([O-])c21. The van der Waals surface area contributed by atoms with E-state index in [4.69, 9.17) is 0 Å². The molecule has 1 unspecified atom stereocenters. The lowest BCUT2D eigenvalue weighted by atomic mass is 9.90. The molecule has 0 aliphatic heterocycles. The van der Waals surface area contributed by atoms with E-state index >= 15 is 0 Å². The van der Waals surface area contributed by atoms with Gasteiger partial charge in [0.05, 0.1) is 21.0 Å². The zero-order chi connectivity index (χ0) is 16.7. The summed E-state index contributed by atoms with van der Waals surface area (Å²) in [7, 11) is 1.62. The van der Waals surface area contributed by atoms with E-state index < -0.39 is 27.2 Å². The average Bonchev–Trinajstić information content (AvgIpc) is 3.12. The Kier molecular flexibility index (Phi) is 3.37. The predicted molar refractivity (Wildman–Crippen MR) is 77.4 cm³/mol. The summed E-state index contributed by atoms with van der Waals surface area (Å²) in [6.45, 7) is 0. The molecule has 120 valence electrons. The first-order valence-corrected chi connectivity index (χ1v) is 7.06. The zero-order valence-electron chi connectivity index (χ0n) is 11.5. The Hall–Kier alpha value is -3.15. The van der Waals surface area contributed by atoms with E-state index in [-0.39, 0.29) is 16.3 Å². The van der Waals surface area contributed by atoms with E-state index in [0.717, 1.165) is 6.08 Å². The number of fused-ring (bicyclic) bond motifs is 1. The van der Waals surface area contributed by atoms with Gasteiger partial charge < -0.3 is 20.9 Å². The maximum Gasteiger partial charge on any atom is 0.318 e. The molecular formula is C11H8N5O6S-. The normalized spacial score (nSPS) is 16.7. The largest absolute Gasteiger partial charge is 0.612 e. The number of hydrogen-bond donors (Lipinski definition) is 1. The van der Waals surface area contributed by atoms with Crippen LogP contribution in [0.5, 0.6) is 0 Å². The molecule has 23 heavy (non-hydrogen) atoms. The third kappa shape index (κ3) is 2.15. The molecule has 0 spiro atoms. The maximum atomic E-state index is 11.9. The van der Waals surface area contributed by atoms with Crippen molar-refractivity contribution in [2.45, 2.75) is 5.92 Å². The lowest BCUT2D eigenvalue weighted by Crippen LogP contribution is -2.36. The van der Waals surface area contributed by atoms with Crippen molar-refractivity contribution >= 4 is 22.7 Å². The van der Waals surface area contributed by atoms with Crippen molar-refractivity contribution < 1.29 is 19.4 Å². The highest BCUT2D eigenvalue weighted by atomic mass is 32.1. The van der Waals surface area contributed by atoms with Crippen LogP contribution in [-0.2, 0) is 0 Å². The van der Waals surface area contributed by atoms with Crippen LogP contribution in [0.25, 0.3) is 0 Å². The molecule has 0 saturated heterocycles. The molecule has 2 aromatic heterocycles. The molecule has 3 rings (SSSR count). The van der Waals surface area contributed by atoms with Gasteiger partial charge in [-0.1, -0.05) is 0 Å². The minimum absolute atomic E-state index is 0.0286. The molecule has 1 N–H and O–H groups in total. The predicted octanol–water partition coefficient (Wildman–Crippen LogP) is 0.514. The first kappa shape index (κ1) is 14.8. The zero-order valence-corrected chi connectivity index (χ0v) is 12.3. The number of nitrogens with zero attached hydrogens (tertiary/aromatic N) is 4. The first-order valence-electron chi connectivity index (χ1n) is 6.18. The van der Waals surface area contributed by atoms with Crippen LogP contribution in [0, 0.1) is 25.7 Å². The van der Waals surface area contributed by atoms with Crippen molar-refractivity contribution in [2.24, 2.45) is 0 Å². The minimum Gasteiger partial charge on any atom is -0.612 e. The lowest BCUT2D eigenvalue weighted by Gasteiger charge is -2.16. The van der Waals surface area contributed by atoms with E-state index in [1.165, 1.54) is 11.3 Å². The van der Waals surface area contributed by atoms with Crippen LogP contribution in [0.2, 0.25) is 0 Å². The number of thiophene rings is 1. The van der Waals surface area contributed by atoms with Gasteiger partial charge >= 0.3 is 5.69 Å². The molecule has 12 heteroatoms. The summed E-state index contributed by atoms with van der Waals surface area (Å²) in [6, 6.07) is 1.69. The molecule has 0 amide bonds. The minimum atomic E-state index is -1.12. The van der Waals surface area contributed by atoms with Gasteiger partial charge in [-0.15, -0.1) is 11.3 Å². The van der Waals surface area contributed by atoms with E-state index in [0.29, 0.717) is 10.6 Å². The maximum absolute atomic E-state index is 11.9. The second-order valence-electron chi connectivity index (χ2n) is 4.51. The molecule has 11 nitrogen and oxygen atoms in total. The summed E-state index contributed by atoms with van der Waals surface area (Å²) in [5.41, 5.74) is -1.15. The van der Waals surface area contributed by atoms with Gasteiger partial charge in [-0.3, -0.25) is 14.7 Å². The van der Waals surface area contributed by atoms with Crippen LogP contribution in [0.4, 0.5) is 5.69 Å². The van der Waals surface area contributed by atoms with Crippen LogP contribution in [-0.4, -0.2) is 27.7 Å². The quantitative estimate of drug-likeness (QED) is 0.481. The average molecular weight is 338 g/mol. The van der Waals surface area contributed by atoms with Crippen LogP contribution in [0.3, 0.4) is 0 Å². The number of hydrogen-bond acceptors (Lipinski definition) is 9. The summed E-state index contributed by atoms with van der Waals surface area (Å²) in [6.07, 6.45) is 0.814. The van der Waals surface area contributed by atoms with Crippen molar-refractivity contribution in [2.75, 3.05) is 12.4 Å². The highest BCUT2D eigenvalue weighted by Crippen LogP contribution is 2.41. The first-order chi connectivity index (χ1) is 11.0. The van der Waals surface area contributed by atoms with E-state index in [9.17, 15) is 25.7 Å². The lowest BCUT2D eigenvalue weighted by molar-refractivity contribution is -0.808. The standard InChI is InChI=1S/C11H8N5O6S/c1-12-5-2-3-23-11(5)8-6(14(17)18)4-7(15(19)20)9-10(8)16(21)22-13-9/h2-4,8,12H,1H3/q-1. The van der Waals surface area contributed by atoms with Crippen LogP contribution >= 0.6 is 11.3 Å². The fourth-order valence-corrected chi connectivity index (χ4v) is 3.43. The van der Waals surface area contributed by atoms with E-state index in [2.05, 4.69) is 15.1 Å². The third-order valence-electron chi connectivity index (χ3n) is 3.38.